The number of hydrogen-bond acceptors (Lipinski definition) is 4. The van der Waals surface area contributed by atoms with Crippen molar-refractivity contribution >= 4 is 33.2 Å². The zero-order valence-electron chi connectivity index (χ0n) is 10.2. The molecule has 3 aromatic rings. The van der Waals surface area contributed by atoms with Gasteiger partial charge in [-0.15, -0.1) is 0 Å². The van der Waals surface area contributed by atoms with E-state index >= 15 is 0 Å². The Morgan fingerprint density at radius 2 is 1.95 bits per heavy atom. The molecule has 6 heteroatoms. The molecule has 3 rings (SSSR count). The molecule has 0 fully saturated rings. The lowest BCUT2D eigenvalue weighted by atomic mass is 10.2. The molecule has 0 spiro atoms. The molecule has 0 aliphatic carbocycles. The molecule has 1 aromatic heterocycles. The molecule has 0 saturated carbocycles. The lowest BCUT2D eigenvalue weighted by Gasteiger charge is -1.98. The van der Waals surface area contributed by atoms with Gasteiger partial charge in [-0.3, -0.25) is 0 Å². The van der Waals surface area contributed by atoms with Crippen LogP contribution < -0.4 is 5.73 Å². The van der Waals surface area contributed by atoms with Gasteiger partial charge in [0.1, 0.15) is 0 Å². The number of hydrogen-bond donors (Lipinski definition) is 1. The highest BCUT2D eigenvalue weighted by atomic mass is 79.9. The second kappa shape index (κ2) is 5.26. The van der Waals surface area contributed by atoms with E-state index in [9.17, 15) is 0 Å². The van der Waals surface area contributed by atoms with E-state index in [0.29, 0.717) is 22.4 Å². The van der Waals surface area contributed by atoms with Crippen molar-refractivity contribution in [3.63, 3.8) is 0 Å². The van der Waals surface area contributed by atoms with Crippen molar-refractivity contribution in [1.82, 2.24) is 10.1 Å². The van der Waals surface area contributed by atoms with E-state index in [4.69, 9.17) is 21.9 Å². The van der Waals surface area contributed by atoms with E-state index in [-0.39, 0.29) is 0 Å². The lowest BCUT2D eigenvalue weighted by molar-refractivity contribution is 0.432. The first-order valence-corrected chi connectivity index (χ1v) is 6.95. The van der Waals surface area contributed by atoms with Gasteiger partial charge in [0.15, 0.2) is 0 Å². The summed E-state index contributed by atoms with van der Waals surface area (Å²) in [4.78, 5) is 4.37. The molecule has 0 aliphatic heterocycles. The number of nitrogen functional groups attached to an aromatic ring is 1. The predicted octanol–water partition coefficient (Wildman–Crippen LogP) is 4.40. The van der Waals surface area contributed by atoms with Gasteiger partial charge in [-0.25, -0.2) is 0 Å². The smallest absolute Gasteiger partial charge is 0.258 e. The molecule has 4 nitrogen and oxygen atoms in total. The van der Waals surface area contributed by atoms with Crippen LogP contribution in [0.4, 0.5) is 5.69 Å². The van der Waals surface area contributed by atoms with Crippen molar-refractivity contribution in [3.05, 3.63) is 52.0 Å². The maximum Gasteiger partial charge on any atom is 0.258 e. The minimum atomic E-state index is 0.429. The minimum absolute atomic E-state index is 0.429. The maximum absolute atomic E-state index is 5.96. The predicted molar refractivity (Wildman–Crippen MR) is 82.3 cm³/mol. The first kappa shape index (κ1) is 13.1. The molecule has 0 amide bonds. The van der Waals surface area contributed by atoms with Gasteiger partial charge < -0.3 is 10.3 Å². The van der Waals surface area contributed by atoms with E-state index in [0.717, 1.165) is 15.6 Å². The monoisotopic (exact) mass is 349 g/mol. The Bertz CT molecular complexity index is 773. The van der Waals surface area contributed by atoms with Crippen LogP contribution >= 0.6 is 27.5 Å². The van der Waals surface area contributed by atoms with Crippen LogP contribution in [0.1, 0.15) is 0 Å². The average Bonchev–Trinajstić information content (AvgIpc) is 2.92. The quantitative estimate of drug-likeness (QED) is 0.696. The van der Waals surface area contributed by atoms with Crippen molar-refractivity contribution in [3.8, 4) is 22.8 Å². The van der Waals surface area contributed by atoms with Crippen LogP contribution in [0, 0.1) is 0 Å². The first-order valence-electron chi connectivity index (χ1n) is 5.78. The fraction of sp³-hybridized carbons (Fsp3) is 0. The van der Waals surface area contributed by atoms with Crippen LogP contribution in [0.25, 0.3) is 22.8 Å². The standard InChI is InChI=1S/C14H9BrClN3O/c15-11-7-8(4-5-12(11)16)13-18-14(20-19-13)9-2-1-3-10(17)6-9/h1-7H,17H2. The van der Waals surface area contributed by atoms with E-state index in [1.807, 2.05) is 24.3 Å². The first-order chi connectivity index (χ1) is 9.63. The third kappa shape index (κ3) is 2.55. The van der Waals surface area contributed by atoms with Gasteiger partial charge in [-0.2, -0.15) is 4.98 Å². The molecule has 0 bridgehead atoms. The van der Waals surface area contributed by atoms with Gasteiger partial charge in [-0.1, -0.05) is 22.8 Å². The average molecular weight is 351 g/mol. The van der Waals surface area contributed by atoms with Crippen molar-refractivity contribution in [2.45, 2.75) is 0 Å². The molecule has 2 aromatic carbocycles. The number of nitrogens with two attached hydrogens (primary N) is 1. The molecule has 0 saturated heterocycles. The summed E-state index contributed by atoms with van der Waals surface area (Å²) in [7, 11) is 0. The summed E-state index contributed by atoms with van der Waals surface area (Å²) in [5.74, 6) is 0.929. The molecule has 0 aliphatic rings. The summed E-state index contributed by atoms with van der Waals surface area (Å²) >= 11 is 9.33. The molecule has 0 radical (unpaired) electrons. The number of aromatic nitrogens is 2. The third-order valence-corrected chi connectivity index (χ3v) is 3.95. The second-order valence-corrected chi connectivity index (χ2v) is 5.44. The zero-order valence-corrected chi connectivity index (χ0v) is 12.5. The number of nitrogens with zero attached hydrogens (tertiary/aromatic N) is 2. The Balaban J connectivity index is 1.99. The van der Waals surface area contributed by atoms with Gasteiger partial charge in [0.2, 0.25) is 5.82 Å². The van der Waals surface area contributed by atoms with Crippen LogP contribution in [0.2, 0.25) is 5.02 Å². The Labute approximate surface area is 128 Å². The van der Waals surface area contributed by atoms with Crippen LogP contribution in [-0.2, 0) is 0 Å². The van der Waals surface area contributed by atoms with Crippen LogP contribution in [-0.4, -0.2) is 10.1 Å². The highest BCUT2D eigenvalue weighted by molar-refractivity contribution is 9.10. The largest absolute Gasteiger partial charge is 0.399 e. The Morgan fingerprint density at radius 1 is 1.10 bits per heavy atom. The summed E-state index contributed by atoms with van der Waals surface area (Å²) in [6, 6.07) is 12.7. The van der Waals surface area contributed by atoms with Crippen molar-refractivity contribution in [2.24, 2.45) is 0 Å². The summed E-state index contributed by atoms with van der Waals surface area (Å²) in [5, 5.41) is 4.61. The number of benzene rings is 2. The molecule has 100 valence electrons. The second-order valence-electron chi connectivity index (χ2n) is 4.18. The van der Waals surface area contributed by atoms with E-state index < -0.39 is 0 Å². The molecule has 1 heterocycles. The van der Waals surface area contributed by atoms with Gasteiger partial charge in [-0.05, 0) is 52.3 Å². The molecular weight excluding hydrogens is 342 g/mol. The number of halogens is 2. The Kier molecular flexibility index (Phi) is 3.46. The van der Waals surface area contributed by atoms with E-state index in [1.165, 1.54) is 0 Å². The summed E-state index contributed by atoms with van der Waals surface area (Å²) in [6.45, 7) is 0. The molecular formula is C14H9BrClN3O. The normalized spacial score (nSPS) is 10.7. The maximum atomic E-state index is 5.96. The van der Waals surface area contributed by atoms with Gasteiger partial charge in [0.25, 0.3) is 5.89 Å². The van der Waals surface area contributed by atoms with Gasteiger partial charge in [0.05, 0.1) is 5.02 Å². The van der Waals surface area contributed by atoms with Crippen molar-refractivity contribution < 1.29 is 4.52 Å². The van der Waals surface area contributed by atoms with E-state index in [2.05, 4.69) is 26.1 Å². The number of rotatable bonds is 2. The molecule has 0 atom stereocenters. The van der Waals surface area contributed by atoms with E-state index in [1.54, 1.807) is 18.2 Å². The summed E-state index contributed by atoms with van der Waals surface area (Å²) in [6.07, 6.45) is 0. The third-order valence-electron chi connectivity index (χ3n) is 2.74. The van der Waals surface area contributed by atoms with Gasteiger partial charge in [0, 0.05) is 21.3 Å². The Hall–Kier alpha value is -1.85. The van der Waals surface area contributed by atoms with Gasteiger partial charge >= 0.3 is 0 Å². The zero-order chi connectivity index (χ0) is 14.1. The topological polar surface area (TPSA) is 64.9 Å². The fourth-order valence-electron chi connectivity index (χ4n) is 1.76. The SMILES string of the molecule is Nc1cccc(-c2nc(-c3ccc(Cl)c(Br)c3)no2)c1. The van der Waals surface area contributed by atoms with Crippen molar-refractivity contribution in [2.75, 3.05) is 5.73 Å². The van der Waals surface area contributed by atoms with Crippen LogP contribution in [0.3, 0.4) is 0 Å². The highest BCUT2D eigenvalue weighted by Crippen LogP contribution is 2.29. The fourth-order valence-corrected chi connectivity index (χ4v) is 2.26. The Morgan fingerprint density at radius 3 is 2.70 bits per heavy atom. The van der Waals surface area contributed by atoms with Crippen LogP contribution in [0.5, 0.6) is 0 Å². The van der Waals surface area contributed by atoms with Crippen molar-refractivity contribution in [1.29, 1.82) is 0 Å². The lowest BCUT2D eigenvalue weighted by Crippen LogP contribution is -1.85. The van der Waals surface area contributed by atoms with Crippen LogP contribution in [0.15, 0.2) is 51.5 Å². The number of anilines is 1. The summed E-state index contributed by atoms with van der Waals surface area (Å²) in [5.41, 5.74) is 8.00. The minimum Gasteiger partial charge on any atom is -0.399 e. The molecule has 2 N–H and O–H groups in total. The molecule has 20 heavy (non-hydrogen) atoms. The summed E-state index contributed by atoms with van der Waals surface area (Å²) < 4.78 is 6.05. The highest BCUT2D eigenvalue weighted by Gasteiger charge is 2.11. The molecule has 0 unspecified atom stereocenters.